The number of nitrogens with one attached hydrogen (secondary N) is 1. The molecule has 0 aromatic heterocycles. The number of sulfonamides is 1. The zero-order chi connectivity index (χ0) is 20.1. The number of aryl methyl sites for hydroxylation is 1. The summed E-state index contributed by atoms with van der Waals surface area (Å²) in [4.78, 5) is 12.1. The van der Waals surface area contributed by atoms with E-state index in [2.05, 4.69) is 5.32 Å². The van der Waals surface area contributed by atoms with Crippen molar-refractivity contribution in [2.75, 3.05) is 23.9 Å². The minimum atomic E-state index is -3.41. The minimum Gasteiger partial charge on any atom is -0.454 e. The van der Waals surface area contributed by atoms with E-state index in [4.69, 9.17) is 9.47 Å². The Morgan fingerprint density at radius 3 is 2.54 bits per heavy atom. The molecule has 1 aliphatic rings. The monoisotopic (exact) mass is 404 g/mol. The van der Waals surface area contributed by atoms with Crippen molar-refractivity contribution in [3.05, 3.63) is 53.6 Å². The Balaban J connectivity index is 1.49. The molecule has 3 rings (SSSR count). The van der Waals surface area contributed by atoms with Crippen molar-refractivity contribution >= 4 is 21.6 Å². The lowest BCUT2D eigenvalue weighted by Gasteiger charge is -2.22. The Morgan fingerprint density at radius 2 is 1.82 bits per heavy atom. The fourth-order valence-corrected chi connectivity index (χ4v) is 3.89. The average Bonchev–Trinajstić information content (AvgIpc) is 3.11. The number of hydrogen-bond donors (Lipinski definition) is 1. The van der Waals surface area contributed by atoms with Crippen LogP contribution in [0.15, 0.2) is 42.5 Å². The van der Waals surface area contributed by atoms with Gasteiger partial charge >= 0.3 is 0 Å². The molecular formula is C20H24N2O5S. The highest BCUT2D eigenvalue weighted by Crippen LogP contribution is 2.32. The SMILES string of the molecule is Cc1ccc(N(CCCC(=O)NCc2ccc3c(c2)OCO3)S(C)(=O)=O)cc1. The molecule has 8 heteroatoms. The number of anilines is 1. The number of carbonyl (C=O) groups is 1. The molecule has 0 saturated heterocycles. The highest BCUT2D eigenvalue weighted by molar-refractivity contribution is 7.92. The van der Waals surface area contributed by atoms with E-state index in [0.29, 0.717) is 30.2 Å². The van der Waals surface area contributed by atoms with E-state index in [-0.39, 0.29) is 25.7 Å². The second kappa shape index (κ2) is 8.52. The van der Waals surface area contributed by atoms with E-state index in [9.17, 15) is 13.2 Å². The van der Waals surface area contributed by atoms with Crippen LogP contribution in [-0.4, -0.2) is 33.9 Å². The van der Waals surface area contributed by atoms with Gasteiger partial charge in [-0.05, 0) is 43.2 Å². The number of amides is 1. The second-order valence-corrected chi connectivity index (χ2v) is 8.65. The Kier molecular flexibility index (Phi) is 6.08. The van der Waals surface area contributed by atoms with Gasteiger partial charge in [-0.25, -0.2) is 8.42 Å². The molecule has 0 atom stereocenters. The van der Waals surface area contributed by atoms with Crippen LogP contribution in [0.1, 0.15) is 24.0 Å². The molecule has 1 N–H and O–H groups in total. The van der Waals surface area contributed by atoms with Crippen molar-refractivity contribution in [2.24, 2.45) is 0 Å². The van der Waals surface area contributed by atoms with Gasteiger partial charge in [0, 0.05) is 19.5 Å². The van der Waals surface area contributed by atoms with Crippen molar-refractivity contribution in [2.45, 2.75) is 26.3 Å². The van der Waals surface area contributed by atoms with Crippen LogP contribution in [0, 0.1) is 6.92 Å². The van der Waals surface area contributed by atoms with Crippen LogP contribution in [0.25, 0.3) is 0 Å². The maximum atomic E-state index is 12.1. The molecule has 150 valence electrons. The number of carbonyl (C=O) groups excluding carboxylic acids is 1. The maximum Gasteiger partial charge on any atom is 0.232 e. The van der Waals surface area contributed by atoms with Crippen LogP contribution in [0.3, 0.4) is 0 Å². The van der Waals surface area contributed by atoms with Crippen molar-refractivity contribution in [3.8, 4) is 11.5 Å². The van der Waals surface area contributed by atoms with E-state index >= 15 is 0 Å². The summed E-state index contributed by atoms with van der Waals surface area (Å²) in [5.74, 6) is 1.25. The molecule has 2 aromatic rings. The lowest BCUT2D eigenvalue weighted by atomic mass is 10.2. The molecule has 2 aromatic carbocycles. The molecular weight excluding hydrogens is 380 g/mol. The van der Waals surface area contributed by atoms with Gasteiger partial charge < -0.3 is 14.8 Å². The first kappa shape index (κ1) is 20.0. The average molecular weight is 404 g/mol. The molecule has 1 heterocycles. The molecule has 0 aliphatic carbocycles. The third kappa shape index (κ3) is 5.16. The molecule has 7 nitrogen and oxygen atoms in total. The van der Waals surface area contributed by atoms with E-state index in [1.807, 2.05) is 37.3 Å². The van der Waals surface area contributed by atoms with Crippen LogP contribution >= 0.6 is 0 Å². The summed E-state index contributed by atoms with van der Waals surface area (Å²) < 4.78 is 36.1. The van der Waals surface area contributed by atoms with Crippen LogP contribution in [-0.2, 0) is 21.4 Å². The van der Waals surface area contributed by atoms with Crippen molar-refractivity contribution in [3.63, 3.8) is 0 Å². The van der Waals surface area contributed by atoms with E-state index in [0.717, 1.165) is 11.1 Å². The Morgan fingerprint density at radius 1 is 1.11 bits per heavy atom. The number of ether oxygens (including phenoxy) is 2. The van der Waals surface area contributed by atoms with Gasteiger partial charge in [-0.15, -0.1) is 0 Å². The zero-order valence-electron chi connectivity index (χ0n) is 16.0. The van der Waals surface area contributed by atoms with Gasteiger partial charge in [-0.1, -0.05) is 23.8 Å². The first-order chi connectivity index (χ1) is 13.3. The third-order valence-electron chi connectivity index (χ3n) is 4.41. The van der Waals surface area contributed by atoms with Crippen molar-refractivity contribution < 1.29 is 22.7 Å². The van der Waals surface area contributed by atoms with Gasteiger partial charge in [0.15, 0.2) is 11.5 Å². The maximum absolute atomic E-state index is 12.1. The van der Waals surface area contributed by atoms with Crippen molar-refractivity contribution in [1.29, 1.82) is 0 Å². The fourth-order valence-electron chi connectivity index (χ4n) is 2.92. The molecule has 28 heavy (non-hydrogen) atoms. The highest BCUT2D eigenvalue weighted by Gasteiger charge is 2.17. The summed E-state index contributed by atoms with van der Waals surface area (Å²) in [6.45, 7) is 2.78. The smallest absolute Gasteiger partial charge is 0.232 e. The van der Waals surface area contributed by atoms with Gasteiger partial charge in [0.25, 0.3) is 0 Å². The predicted molar refractivity (Wildman–Crippen MR) is 107 cm³/mol. The molecule has 0 fully saturated rings. The summed E-state index contributed by atoms with van der Waals surface area (Å²) in [7, 11) is -3.41. The van der Waals surface area contributed by atoms with Crippen LogP contribution in [0.2, 0.25) is 0 Å². The summed E-state index contributed by atoms with van der Waals surface area (Å²) in [5.41, 5.74) is 2.57. The zero-order valence-corrected chi connectivity index (χ0v) is 16.8. The van der Waals surface area contributed by atoms with Crippen LogP contribution < -0.4 is 19.1 Å². The first-order valence-corrected chi connectivity index (χ1v) is 10.9. The lowest BCUT2D eigenvalue weighted by molar-refractivity contribution is -0.121. The molecule has 0 radical (unpaired) electrons. The van der Waals surface area contributed by atoms with E-state index in [1.165, 1.54) is 10.6 Å². The highest BCUT2D eigenvalue weighted by atomic mass is 32.2. The van der Waals surface area contributed by atoms with Gasteiger partial charge in [0.2, 0.25) is 22.7 Å². The predicted octanol–water partition coefficient (Wildman–Crippen LogP) is 2.59. The van der Waals surface area contributed by atoms with Crippen molar-refractivity contribution in [1.82, 2.24) is 5.32 Å². The lowest BCUT2D eigenvalue weighted by Crippen LogP contribution is -2.32. The van der Waals surface area contributed by atoms with E-state index in [1.54, 1.807) is 12.1 Å². The molecule has 0 bridgehead atoms. The molecule has 1 amide bonds. The Labute approximate surface area is 165 Å². The standard InChI is InChI=1S/C20H24N2O5S/c1-15-5-8-17(9-6-15)22(28(2,24)25)11-3-4-20(23)21-13-16-7-10-18-19(12-16)27-14-26-18/h5-10,12H,3-4,11,13-14H2,1-2H3,(H,21,23). The van der Waals surface area contributed by atoms with Gasteiger partial charge in [0.05, 0.1) is 11.9 Å². The molecule has 0 saturated carbocycles. The van der Waals surface area contributed by atoms with Gasteiger partial charge in [-0.2, -0.15) is 0 Å². The minimum absolute atomic E-state index is 0.130. The number of rotatable bonds is 8. The van der Waals surface area contributed by atoms with Crippen LogP contribution in [0.4, 0.5) is 5.69 Å². The fraction of sp³-hybridized carbons (Fsp3) is 0.350. The molecule has 0 spiro atoms. The van der Waals surface area contributed by atoms with E-state index < -0.39 is 10.0 Å². The second-order valence-electron chi connectivity index (χ2n) is 6.74. The summed E-state index contributed by atoms with van der Waals surface area (Å²) in [6, 6.07) is 12.8. The van der Waals surface area contributed by atoms with Gasteiger partial charge in [0.1, 0.15) is 0 Å². The number of fused-ring (bicyclic) bond motifs is 1. The quantitative estimate of drug-likeness (QED) is 0.731. The molecule has 0 unspecified atom stereocenters. The Hall–Kier alpha value is -2.74. The summed E-state index contributed by atoms with van der Waals surface area (Å²) in [5, 5.41) is 2.85. The number of hydrogen-bond acceptors (Lipinski definition) is 5. The number of nitrogens with zero attached hydrogens (tertiary/aromatic N) is 1. The normalized spacial score (nSPS) is 12.6. The van der Waals surface area contributed by atoms with Gasteiger partial charge in [-0.3, -0.25) is 9.10 Å². The number of benzene rings is 2. The molecule has 1 aliphatic heterocycles. The largest absolute Gasteiger partial charge is 0.454 e. The third-order valence-corrected chi connectivity index (χ3v) is 5.61. The topological polar surface area (TPSA) is 84.9 Å². The van der Waals surface area contributed by atoms with Crippen LogP contribution in [0.5, 0.6) is 11.5 Å². The summed E-state index contributed by atoms with van der Waals surface area (Å²) >= 11 is 0. The summed E-state index contributed by atoms with van der Waals surface area (Å²) in [6.07, 6.45) is 1.84. The Bertz CT molecular complexity index is 942. The first-order valence-electron chi connectivity index (χ1n) is 9.02.